The molecular formula is C13H27NO3S. The van der Waals surface area contributed by atoms with Crippen LogP contribution in [-0.2, 0) is 14.8 Å². The van der Waals surface area contributed by atoms with Crippen molar-refractivity contribution in [2.24, 2.45) is 11.1 Å². The van der Waals surface area contributed by atoms with Crippen LogP contribution in [0.4, 0.5) is 0 Å². The molecular weight excluding hydrogens is 250 g/mol. The minimum atomic E-state index is -3.27. The van der Waals surface area contributed by atoms with E-state index in [4.69, 9.17) is 9.88 Å². The molecule has 1 saturated carbocycles. The van der Waals surface area contributed by atoms with Gasteiger partial charge in [0.1, 0.15) is 0 Å². The number of hydrogen-bond donors (Lipinski definition) is 1. The van der Waals surface area contributed by atoms with Crippen molar-refractivity contribution in [3.8, 4) is 0 Å². The standard InChI is InChI=1S/C13H27NO3S/c14-18(15,16)11-7-2-1-6-10-17-12-13-8-4-3-5-9-13/h13H,1-12H2,(H2,14,15,16). The second-order valence-electron chi connectivity index (χ2n) is 5.36. The molecule has 0 aromatic heterocycles. The van der Waals surface area contributed by atoms with Crippen molar-refractivity contribution in [1.29, 1.82) is 0 Å². The molecule has 1 aliphatic carbocycles. The number of ether oxygens (including phenoxy) is 1. The SMILES string of the molecule is NS(=O)(=O)CCCCCCOCC1CCCCC1. The van der Waals surface area contributed by atoms with Crippen molar-refractivity contribution >= 4 is 10.0 Å². The lowest BCUT2D eigenvalue weighted by molar-refractivity contribution is 0.0825. The van der Waals surface area contributed by atoms with Crippen LogP contribution in [0.1, 0.15) is 57.8 Å². The maximum atomic E-state index is 10.7. The molecule has 0 atom stereocenters. The van der Waals surface area contributed by atoms with Crippen LogP contribution >= 0.6 is 0 Å². The largest absolute Gasteiger partial charge is 0.381 e. The summed E-state index contributed by atoms with van der Waals surface area (Å²) in [6.07, 6.45) is 10.4. The zero-order valence-electron chi connectivity index (χ0n) is 11.3. The van der Waals surface area contributed by atoms with Gasteiger partial charge in [0.15, 0.2) is 0 Å². The Morgan fingerprint density at radius 3 is 2.33 bits per heavy atom. The van der Waals surface area contributed by atoms with Gasteiger partial charge in [-0.3, -0.25) is 0 Å². The summed E-state index contributed by atoms with van der Waals surface area (Å²) >= 11 is 0. The van der Waals surface area contributed by atoms with Crippen LogP contribution in [0.15, 0.2) is 0 Å². The highest BCUT2D eigenvalue weighted by Gasteiger charge is 2.12. The first-order valence-electron chi connectivity index (χ1n) is 7.16. The zero-order chi connectivity index (χ0) is 13.3. The molecule has 0 bridgehead atoms. The molecule has 0 heterocycles. The van der Waals surface area contributed by atoms with Crippen molar-refractivity contribution in [1.82, 2.24) is 0 Å². The van der Waals surface area contributed by atoms with Crippen molar-refractivity contribution in [2.45, 2.75) is 57.8 Å². The predicted octanol–water partition coefficient (Wildman–Crippen LogP) is 2.43. The summed E-state index contributed by atoms with van der Waals surface area (Å²) in [5, 5.41) is 4.93. The molecule has 0 amide bonds. The molecule has 0 unspecified atom stereocenters. The van der Waals surface area contributed by atoms with Crippen LogP contribution in [-0.4, -0.2) is 27.4 Å². The lowest BCUT2D eigenvalue weighted by Crippen LogP contribution is -2.16. The van der Waals surface area contributed by atoms with Crippen molar-refractivity contribution in [3.05, 3.63) is 0 Å². The fraction of sp³-hybridized carbons (Fsp3) is 1.00. The zero-order valence-corrected chi connectivity index (χ0v) is 12.1. The molecule has 0 saturated heterocycles. The summed E-state index contributed by atoms with van der Waals surface area (Å²) in [4.78, 5) is 0. The highest BCUT2D eigenvalue weighted by molar-refractivity contribution is 7.89. The van der Waals surface area contributed by atoms with E-state index in [0.29, 0.717) is 6.42 Å². The molecule has 5 heteroatoms. The Bertz CT molecular complexity index is 297. The molecule has 1 aliphatic rings. The third kappa shape index (κ3) is 8.89. The maximum absolute atomic E-state index is 10.7. The van der Waals surface area contributed by atoms with E-state index in [2.05, 4.69) is 0 Å². The van der Waals surface area contributed by atoms with Gasteiger partial charge in [0, 0.05) is 13.2 Å². The summed E-state index contributed by atoms with van der Waals surface area (Å²) in [7, 11) is -3.27. The maximum Gasteiger partial charge on any atom is 0.209 e. The van der Waals surface area contributed by atoms with Gasteiger partial charge in [-0.25, -0.2) is 13.6 Å². The first-order valence-corrected chi connectivity index (χ1v) is 8.88. The van der Waals surface area contributed by atoms with Crippen LogP contribution in [0.25, 0.3) is 0 Å². The predicted molar refractivity (Wildman–Crippen MR) is 73.8 cm³/mol. The van der Waals surface area contributed by atoms with Gasteiger partial charge in [-0.15, -0.1) is 0 Å². The lowest BCUT2D eigenvalue weighted by atomic mass is 9.90. The molecule has 0 aliphatic heterocycles. The molecule has 18 heavy (non-hydrogen) atoms. The minimum Gasteiger partial charge on any atom is -0.381 e. The van der Waals surface area contributed by atoms with Crippen LogP contribution < -0.4 is 5.14 Å². The Morgan fingerprint density at radius 2 is 1.67 bits per heavy atom. The second kappa shape index (κ2) is 8.88. The van der Waals surface area contributed by atoms with Crippen LogP contribution in [0.5, 0.6) is 0 Å². The summed E-state index contributed by atoms with van der Waals surface area (Å²) in [6, 6.07) is 0. The molecule has 2 N–H and O–H groups in total. The number of primary sulfonamides is 1. The quantitative estimate of drug-likeness (QED) is 0.658. The van der Waals surface area contributed by atoms with E-state index in [1.54, 1.807) is 0 Å². The average Bonchev–Trinajstić information content (AvgIpc) is 2.32. The van der Waals surface area contributed by atoms with Gasteiger partial charge >= 0.3 is 0 Å². The molecule has 1 rings (SSSR count). The lowest BCUT2D eigenvalue weighted by Gasteiger charge is -2.21. The number of hydrogen-bond acceptors (Lipinski definition) is 3. The van der Waals surface area contributed by atoms with Gasteiger partial charge in [-0.2, -0.15) is 0 Å². The fourth-order valence-electron chi connectivity index (χ4n) is 2.46. The van der Waals surface area contributed by atoms with E-state index in [-0.39, 0.29) is 5.75 Å². The fourth-order valence-corrected chi connectivity index (χ4v) is 3.07. The Hall–Kier alpha value is -0.130. The molecule has 0 aromatic carbocycles. The smallest absolute Gasteiger partial charge is 0.209 e. The van der Waals surface area contributed by atoms with Gasteiger partial charge in [0.25, 0.3) is 0 Å². The number of nitrogens with two attached hydrogens (primary N) is 1. The van der Waals surface area contributed by atoms with Crippen molar-refractivity contribution < 1.29 is 13.2 Å². The Kier molecular flexibility index (Phi) is 7.86. The number of rotatable bonds is 9. The average molecular weight is 277 g/mol. The molecule has 0 aromatic rings. The molecule has 4 nitrogen and oxygen atoms in total. The van der Waals surface area contributed by atoms with Gasteiger partial charge in [0.05, 0.1) is 5.75 Å². The van der Waals surface area contributed by atoms with Crippen LogP contribution in [0.2, 0.25) is 0 Å². The minimum absolute atomic E-state index is 0.107. The third-order valence-corrected chi connectivity index (χ3v) is 4.40. The monoisotopic (exact) mass is 277 g/mol. The van der Waals surface area contributed by atoms with Gasteiger partial charge in [-0.1, -0.05) is 32.1 Å². The summed E-state index contributed by atoms with van der Waals surface area (Å²) in [6.45, 7) is 1.73. The first-order chi connectivity index (χ1) is 8.58. The summed E-state index contributed by atoms with van der Waals surface area (Å²) in [5.41, 5.74) is 0. The molecule has 108 valence electrons. The van der Waals surface area contributed by atoms with E-state index in [1.165, 1.54) is 32.1 Å². The normalized spacial score (nSPS) is 18.1. The van der Waals surface area contributed by atoms with E-state index in [9.17, 15) is 8.42 Å². The van der Waals surface area contributed by atoms with Gasteiger partial charge in [0.2, 0.25) is 10.0 Å². The van der Waals surface area contributed by atoms with Crippen molar-refractivity contribution in [2.75, 3.05) is 19.0 Å². The summed E-state index contributed by atoms with van der Waals surface area (Å²) < 4.78 is 27.1. The van der Waals surface area contributed by atoms with Gasteiger partial charge in [-0.05, 0) is 31.6 Å². The highest BCUT2D eigenvalue weighted by Crippen LogP contribution is 2.23. The molecule has 0 spiro atoms. The second-order valence-corrected chi connectivity index (χ2v) is 7.09. The molecule has 1 fully saturated rings. The Balaban J connectivity index is 1.83. The summed E-state index contributed by atoms with van der Waals surface area (Å²) in [5.74, 6) is 0.886. The van der Waals surface area contributed by atoms with E-state index in [0.717, 1.165) is 38.4 Å². The van der Waals surface area contributed by atoms with E-state index < -0.39 is 10.0 Å². The first kappa shape index (κ1) is 15.9. The van der Waals surface area contributed by atoms with Gasteiger partial charge < -0.3 is 4.74 Å². The number of sulfonamides is 1. The number of unbranched alkanes of at least 4 members (excludes halogenated alkanes) is 3. The van der Waals surface area contributed by atoms with Crippen molar-refractivity contribution in [3.63, 3.8) is 0 Å². The van der Waals surface area contributed by atoms with E-state index in [1.807, 2.05) is 0 Å². The van der Waals surface area contributed by atoms with Crippen LogP contribution in [0.3, 0.4) is 0 Å². The third-order valence-electron chi connectivity index (χ3n) is 3.55. The van der Waals surface area contributed by atoms with E-state index >= 15 is 0 Å². The topological polar surface area (TPSA) is 69.4 Å². The van der Waals surface area contributed by atoms with Crippen LogP contribution in [0, 0.1) is 5.92 Å². The Morgan fingerprint density at radius 1 is 1.00 bits per heavy atom. The Labute approximate surface area is 111 Å². The highest BCUT2D eigenvalue weighted by atomic mass is 32.2. The molecule has 0 radical (unpaired) electrons.